The van der Waals surface area contributed by atoms with Gasteiger partial charge in [0.25, 0.3) is 5.91 Å². The van der Waals surface area contributed by atoms with Crippen LogP contribution in [0, 0.1) is 0 Å². The van der Waals surface area contributed by atoms with E-state index >= 15 is 0 Å². The third-order valence-electron chi connectivity index (χ3n) is 5.55. The third kappa shape index (κ3) is 8.77. The van der Waals surface area contributed by atoms with Crippen LogP contribution in [0.4, 0.5) is 4.79 Å². The van der Waals surface area contributed by atoms with E-state index in [2.05, 4.69) is 33.9 Å². The molecule has 0 aliphatic heterocycles. The molecule has 0 aliphatic rings. The minimum absolute atomic E-state index is 0.0304. The molecule has 0 aromatic rings. The summed E-state index contributed by atoms with van der Waals surface area (Å²) in [6.45, 7) is 20.4. The van der Waals surface area contributed by atoms with Crippen molar-refractivity contribution in [3.05, 3.63) is 11.6 Å². The molecule has 0 bridgehead atoms. The van der Waals surface area contributed by atoms with Crippen molar-refractivity contribution in [2.75, 3.05) is 27.3 Å². The van der Waals surface area contributed by atoms with Gasteiger partial charge in [-0.15, -0.1) is 0 Å². The molecule has 0 heterocycles. The second kappa shape index (κ2) is 11.3. The number of likely N-dealkylation sites (N-methyl/N-ethyl adjacent to an activating group) is 1. The lowest BCUT2D eigenvalue weighted by Crippen LogP contribution is -2.52. The van der Waals surface area contributed by atoms with Gasteiger partial charge in [0.05, 0.1) is 19.8 Å². The zero-order valence-electron chi connectivity index (χ0n) is 21.2. The Balaban J connectivity index is 6.06. The zero-order valence-corrected chi connectivity index (χ0v) is 22.2. The summed E-state index contributed by atoms with van der Waals surface area (Å²) in [6, 6.07) is -0.404. The minimum Gasteiger partial charge on any atom is -0.444 e. The van der Waals surface area contributed by atoms with Gasteiger partial charge in [-0.25, -0.2) is 9.86 Å². The van der Waals surface area contributed by atoms with E-state index in [0.717, 1.165) is 17.1 Å². The number of ether oxygens (including phenoxy) is 1. The molecule has 0 fully saturated rings. The molecular weight excluding hydrogens is 400 g/mol. The van der Waals surface area contributed by atoms with E-state index < -0.39 is 26.1 Å². The summed E-state index contributed by atoms with van der Waals surface area (Å²) < 4.78 is 12.1. The predicted octanol–water partition coefficient (Wildman–Crippen LogP) is 4.99. The maximum atomic E-state index is 13.1. The summed E-state index contributed by atoms with van der Waals surface area (Å²) in [5, 5.41) is 1.15. The van der Waals surface area contributed by atoms with Gasteiger partial charge in [-0.3, -0.25) is 14.5 Å². The highest BCUT2D eigenvalue weighted by Crippen LogP contribution is 2.37. The number of carbonyl (C=O) groups is 2. The van der Waals surface area contributed by atoms with Crippen molar-refractivity contribution in [3.63, 3.8) is 0 Å². The molecule has 0 aromatic heterocycles. The van der Waals surface area contributed by atoms with Crippen LogP contribution in [0.2, 0.25) is 18.1 Å². The molecule has 7 nitrogen and oxygen atoms in total. The Morgan fingerprint density at radius 2 is 1.63 bits per heavy atom. The molecule has 1 atom stereocenters. The molecule has 176 valence electrons. The average molecular weight is 445 g/mol. The van der Waals surface area contributed by atoms with Crippen LogP contribution in [0.1, 0.15) is 61.8 Å². The molecule has 0 aromatic carbocycles. The fourth-order valence-corrected chi connectivity index (χ4v) is 3.51. The first-order valence-electron chi connectivity index (χ1n) is 10.6. The van der Waals surface area contributed by atoms with Gasteiger partial charge in [-0.1, -0.05) is 33.8 Å². The maximum Gasteiger partial charge on any atom is 0.411 e. The highest BCUT2D eigenvalue weighted by Gasteiger charge is 2.40. The van der Waals surface area contributed by atoms with E-state index in [4.69, 9.17) is 14.0 Å². The largest absolute Gasteiger partial charge is 0.444 e. The van der Waals surface area contributed by atoms with Crippen molar-refractivity contribution >= 4 is 20.3 Å². The summed E-state index contributed by atoms with van der Waals surface area (Å²) in [5.41, 5.74) is 0.339. The van der Waals surface area contributed by atoms with Crippen molar-refractivity contribution in [1.29, 1.82) is 0 Å². The molecule has 0 N–H and O–H groups in total. The molecule has 0 radical (unpaired) electrons. The van der Waals surface area contributed by atoms with Crippen LogP contribution in [-0.2, 0) is 18.8 Å². The van der Waals surface area contributed by atoms with Crippen molar-refractivity contribution < 1.29 is 23.6 Å². The Hall–Kier alpha value is -1.38. The average Bonchev–Trinajstić information content (AvgIpc) is 2.60. The Kier molecular flexibility index (Phi) is 10.8. The quantitative estimate of drug-likeness (QED) is 0.285. The summed E-state index contributed by atoms with van der Waals surface area (Å²) in [5.74, 6) is -0.341. The number of amides is 2. The fraction of sp³-hybridized carbons (Fsp3) is 0.818. The predicted molar refractivity (Wildman–Crippen MR) is 124 cm³/mol. The molecule has 0 spiro atoms. The SMILES string of the molecule is CC=C(CC)C(CO[Si](C)(C)C(C)(C)C)N(CC(=O)N(C)OC)C(=O)OC(C)(C)C. The Bertz CT molecular complexity index is 606. The molecule has 0 rings (SSSR count). The van der Waals surface area contributed by atoms with E-state index in [1.807, 2.05) is 40.7 Å². The number of rotatable bonds is 9. The van der Waals surface area contributed by atoms with E-state index in [0.29, 0.717) is 6.61 Å². The maximum absolute atomic E-state index is 13.1. The number of hydrogen-bond donors (Lipinski definition) is 0. The van der Waals surface area contributed by atoms with Crippen molar-refractivity contribution in [1.82, 2.24) is 9.96 Å². The van der Waals surface area contributed by atoms with Gasteiger partial charge in [0.2, 0.25) is 0 Å². The van der Waals surface area contributed by atoms with Gasteiger partial charge in [0, 0.05) is 7.05 Å². The Labute approximate surface area is 184 Å². The monoisotopic (exact) mass is 444 g/mol. The third-order valence-corrected chi connectivity index (χ3v) is 10.1. The van der Waals surface area contributed by atoms with Gasteiger partial charge in [-0.05, 0) is 57.8 Å². The van der Waals surface area contributed by atoms with E-state index in [1.54, 1.807) is 0 Å². The van der Waals surface area contributed by atoms with Crippen LogP contribution in [0.5, 0.6) is 0 Å². The Morgan fingerprint density at radius 1 is 1.10 bits per heavy atom. The lowest BCUT2D eigenvalue weighted by molar-refractivity contribution is -0.170. The second-order valence-electron chi connectivity index (χ2n) is 9.99. The second-order valence-corrected chi connectivity index (χ2v) is 14.8. The number of allylic oxidation sites excluding steroid dienone is 1. The fourth-order valence-electron chi connectivity index (χ4n) is 2.50. The lowest BCUT2D eigenvalue weighted by Gasteiger charge is -2.40. The minimum atomic E-state index is -2.06. The van der Waals surface area contributed by atoms with Gasteiger partial charge in [0.1, 0.15) is 12.1 Å². The van der Waals surface area contributed by atoms with Crippen LogP contribution in [0.25, 0.3) is 0 Å². The van der Waals surface area contributed by atoms with Crippen molar-refractivity contribution in [2.45, 2.75) is 91.6 Å². The van der Waals surface area contributed by atoms with Crippen molar-refractivity contribution in [2.24, 2.45) is 0 Å². The Morgan fingerprint density at radius 3 is 2.00 bits per heavy atom. The van der Waals surface area contributed by atoms with Gasteiger partial charge >= 0.3 is 6.09 Å². The van der Waals surface area contributed by atoms with Crippen LogP contribution < -0.4 is 0 Å². The summed E-state index contributed by atoms with van der Waals surface area (Å²) in [4.78, 5) is 32.2. The van der Waals surface area contributed by atoms with Gasteiger partial charge in [0.15, 0.2) is 8.32 Å². The topological polar surface area (TPSA) is 68.3 Å². The first kappa shape index (κ1) is 28.6. The summed E-state index contributed by atoms with van der Waals surface area (Å²) in [6.07, 6.45) is 2.17. The highest BCUT2D eigenvalue weighted by atomic mass is 28.4. The molecule has 0 saturated heterocycles. The van der Waals surface area contributed by atoms with Crippen LogP contribution in [0.3, 0.4) is 0 Å². The molecule has 2 amide bonds. The lowest BCUT2D eigenvalue weighted by atomic mass is 10.0. The van der Waals surface area contributed by atoms with E-state index in [1.165, 1.54) is 19.1 Å². The standard InChI is InChI=1S/C22H44N2O5Si/c1-13-17(14-2)18(16-28-30(11,12)22(6,7)8)24(15-19(25)23(9)27-10)20(26)29-21(3,4)5/h13,18H,14-16H2,1-12H3. The van der Waals surface area contributed by atoms with Gasteiger partial charge < -0.3 is 9.16 Å². The number of nitrogens with zero attached hydrogens (tertiary/aromatic N) is 2. The molecule has 0 saturated carbocycles. The van der Waals surface area contributed by atoms with E-state index in [-0.39, 0.29) is 17.5 Å². The van der Waals surface area contributed by atoms with E-state index in [9.17, 15) is 9.59 Å². The van der Waals surface area contributed by atoms with Crippen LogP contribution >= 0.6 is 0 Å². The van der Waals surface area contributed by atoms with Gasteiger partial charge in [-0.2, -0.15) is 0 Å². The molecular formula is C22H44N2O5Si. The molecule has 1 unspecified atom stereocenters. The van der Waals surface area contributed by atoms with Crippen LogP contribution in [0.15, 0.2) is 11.6 Å². The number of hydrogen-bond acceptors (Lipinski definition) is 5. The zero-order chi connectivity index (χ0) is 23.9. The first-order valence-corrected chi connectivity index (χ1v) is 13.5. The number of hydroxylamine groups is 2. The van der Waals surface area contributed by atoms with Crippen molar-refractivity contribution in [3.8, 4) is 0 Å². The molecule has 0 aliphatic carbocycles. The first-order chi connectivity index (χ1) is 13.5. The molecule has 8 heteroatoms. The summed E-state index contributed by atoms with van der Waals surface area (Å²) in [7, 11) is 0.874. The normalized spacial score (nSPS) is 14.3. The summed E-state index contributed by atoms with van der Waals surface area (Å²) >= 11 is 0. The van der Waals surface area contributed by atoms with Crippen LogP contribution in [-0.4, -0.2) is 69.2 Å². The highest BCUT2D eigenvalue weighted by molar-refractivity contribution is 6.74. The molecule has 30 heavy (non-hydrogen) atoms. The number of carbonyl (C=O) groups excluding carboxylic acids is 2. The smallest absolute Gasteiger partial charge is 0.411 e.